The number of aryl methyl sites for hydroxylation is 1. The molecule has 1 aromatic carbocycles. The fraction of sp³-hybridized carbons (Fsp3) is 0.167. The van der Waals surface area contributed by atoms with Crippen LogP contribution >= 0.6 is 0 Å². The molecule has 1 aromatic heterocycles. The monoisotopic (exact) mass is 213 g/mol. The molecule has 1 amide bonds. The van der Waals surface area contributed by atoms with Crippen molar-refractivity contribution >= 4 is 22.5 Å². The topological polar surface area (TPSA) is 68.7 Å². The summed E-state index contributed by atoms with van der Waals surface area (Å²) in [7, 11) is 0. The number of fused-ring (bicyclic) bond motifs is 1. The van der Waals surface area contributed by atoms with Crippen molar-refractivity contribution in [3.05, 3.63) is 30.0 Å². The molecule has 2 rings (SSSR count). The smallest absolute Gasteiger partial charge is 0.238 e. The summed E-state index contributed by atoms with van der Waals surface area (Å²) in [4.78, 5) is 14.4. The highest BCUT2D eigenvalue weighted by Crippen LogP contribution is 2.24. The zero-order valence-corrected chi connectivity index (χ0v) is 8.87. The van der Waals surface area contributed by atoms with Gasteiger partial charge in [0.1, 0.15) is 6.42 Å². The molecule has 0 aliphatic rings. The zero-order chi connectivity index (χ0) is 11.5. The first-order chi connectivity index (χ1) is 7.72. The Bertz CT molecular complexity index is 577. The molecule has 1 heterocycles. The number of rotatable bonds is 2. The number of nitrogens with one attached hydrogen (secondary N) is 2. The lowest BCUT2D eigenvalue weighted by Crippen LogP contribution is -2.11. The van der Waals surface area contributed by atoms with Gasteiger partial charge in [0.2, 0.25) is 5.91 Å². The van der Waals surface area contributed by atoms with Gasteiger partial charge in [-0.25, -0.2) is 0 Å². The van der Waals surface area contributed by atoms with E-state index in [0.29, 0.717) is 0 Å². The van der Waals surface area contributed by atoms with Crippen LogP contribution in [0, 0.1) is 18.3 Å². The summed E-state index contributed by atoms with van der Waals surface area (Å²) < 4.78 is 0. The molecule has 0 aliphatic heterocycles. The third-order valence-electron chi connectivity index (χ3n) is 2.52. The standard InChI is InChI=1S/C12H11N3O/c1-8-9-5-7-14-11(9)3-2-10(8)15-12(16)4-6-13/h2-3,5,7,14H,4H2,1H3,(H,15,16). The van der Waals surface area contributed by atoms with Crippen molar-refractivity contribution in [3.63, 3.8) is 0 Å². The SMILES string of the molecule is Cc1c(NC(=O)CC#N)ccc2[nH]ccc12. The van der Waals surface area contributed by atoms with Crippen molar-refractivity contribution < 1.29 is 4.79 Å². The number of aromatic amines is 1. The van der Waals surface area contributed by atoms with Gasteiger partial charge in [-0.1, -0.05) is 0 Å². The van der Waals surface area contributed by atoms with Gasteiger partial charge in [0.05, 0.1) is 6.07 Å². The van der Waals surface area contributed by atoms with E-state index < -0.39 is 0 Å². The van der Waals surface area contributed by atoms with Crippen molar-refractivity contribution in [2.75, 3.05) is 5.32 Å². The molecule has 4 heteroatoms. The summed E-state index contributed by atoms with van der Waals surface area (Å²) in [6.45, 7) is 1.94. The van der Waals surface area contributed by atoms with Crippen LogP contribution in [0.2, 0.25) is 0 Å². The summed E-state index contributed by atoms with van der Waals surface area (Å²) >= 11 is 0. The van der Waals surface area contributed by atoms with Crippen LogP contribution in [0.3, 0.4) is 0 Å². The second kappa shape index (κ2) is 4.07. The van der Waals surface area contributed by atoms with Gasteiger partial charge >= 0.3 is 0 Å². The van der Waals surface area contributed by atoms with Crippen LogP contribution in [-0.4, -0.2) is 10.9 Å². The maximum absolute atomic E-state index is 11.3. The average molecular weight is 213 g/mol. The van der Waals surface area contributed by atoms with Crippen molar-refractivity contribution in [2.24, 2.45) is 0 Å². The van der Waals surface area contributed by atoms with Gasteiger partial charge in [0.15, 0.2) is 0 Å². The van der Waals surface area contributed by atoms with Gasteiger partial charge in [0, 0.05) is 22.8 Å². The minimum absolute atomic E-state index is 0.120. The molecule has 0 saturated heterocycles. The number of hydrogen-bond acceptors (Lipinski definition) is 2. The maximum Gasteiger partial charge on any atom is 0.238 e. The second-order valence-corrected chi connectivity index (χ2v) is 3.56. The summed E-state index contributed by atoms with van der Waals surface area (Å²) in [6.07, 6.45) is 1.74. The third-order valence-corrected chi connectivity index (χ3v) is 2.52. The Hall–Kier alpha value is -2.28. The highest BCUT2D eigenvalue weighted by atomic mass is 16.1. The number of nitrogens with zero attached hydrogens (tertiary/aromatic N) is 1. The zero-order valence-electron chi connectivity index (χ0n) is 8.87. The van der Waals surface area contributed by atoms with Crippen molar-refractivity contribution in [1.29, 1.82) is 5.26 Å². The predicted octanol–water partition coefficient (Wildman–Crippen LogP) is 2.33. The Morgan fingerprint density at radius 2 is 2.31 bits per heavy atom. The van der Waals surface area contributed by atoms with E-state index in [1.54, 1.807) is 0 Å². The Labute approximate surface area is 92.9 Å². The van der Waals surface area contributed by atoms with Gasteiger partial charge in [0.25, 0.3) is 0 Å². The highest BCUT2D eigenvalue weighted by molar-refractivity contribution is 5.96. The molecule has 16 heavy (non-hydrogen) atoms. The molecule has 0 spiro atoms. The molecule has 80 valence electrons. The molecule has 0 saturated carbocycles. The van der Waals surface area contributed by atoms with E-state index in [-0.39, 0.29) is 12.3 Å². The van der Waals surface area contributed by atoms with Crippen molar-refractivity contribution in [1.82, 2.24) is 4.98 Å². The van der Waals surface area contributed by atoms with E-state index in [0.717, 1.165) is 22.2 Å². The number of carbonyl (C=O) groups excluding carboxylic acids is 1. The van der Waals surface area contributed by atoms with Crippen LogP contribution in [0.4, 0.5) is 5.69 Å². The van der Waals surface area contributed by atoms with E-state index in [1.807, 2.05) is 37.4 Å². The highest BCUT2D eigenvalue weighted by Gasteiger charge is 2.07. The minimum Gasteiger partial charge on any atom is -0.361 e. The molecule has 0 fully saturated rings. The van der Waals surface area contributed by atoms with E-state index in [1.165, 1.54) is 0 Å². The van der Waals surface area contributed by atoms with E-state index in [4.69, 9.17) is 5.26 Å². The van der Waals surface area contributed by atoms with Crippen LogP contribution in [-0.2, 0) is 4.79 Å². The van der Waals surface area contributed by atoms with E-state index in [2.05, 4.69) is 10.3 Å². The van der Waals surface area contributed by atoms with Gasteiger partial charge in [-0.2, -0.15) is 5.26 Å². The molecule has 2 aromatic rings. The minimum atomic E-state index is -0.277. The van der Waals surface area contributed by atoms with Gasteiger partial charge < -0.3 is 10.3 Å². The summed E-state index contributed by atoms with van der Waals surface area (Å²) in [5.41, 5.74) is 2.80. The van der Waals surface area contributed by atoms with Crippen LogP contribution in [0.5, 0.6) is 0 Å². The summed E-state index contributed by atoms with van der Waals surface area (Å²) in [5, 5.41) is 12.2. The number of carbonyl (C=O) groups is 1. The average Bonchev–Trinajstić information content (AvgIpc) is 2.71. The van der Waals surface area contributed by atoms with Gasteiger partial charge in [-0.3, -0.25) is 4.79 Å². The fourth-order valence-electron chi connectivity index (χ4n) is 1.69. The summed E-state index contributed by atoms with van der Waals surface area (Å²) in [5.74, 6) is -0.277. The predicted molar refractivity (Wildman–Crippen MR) is 61.9 cm³/mol. The molecule has 4 nitrogen and oxygen atoms in total. The third kappa shape index (κ3) is 1.75. The number of hydrogen-bond donors (Lipinski definition) is 2. The molecule has 0 unspecified atom stereocenters. The number of benzene rings is 1. The normalized spacial score (nSPS) is 10.0. The van der Waals surface area contributed by atoms with E-state index >= 15 is 0 Å². The van der Waals surface area contributed by atoms with Crippen LogP contribution < -0.4 is 5.32 Å². The number of nitriles is 1. The molecular formula is C12H11N3O. The first-order valence-electron chi connectivity index (χ1n) is 4.96. The first kappa shape index (κ1) is 10.2. The molecule has 0 radical (unpaired) electrons. The number of H-pyrrole nitrogens is 1. The summed E-state index contributed by atoms with van der Waals surface area (Å²) in [6, 6.07) is 7.53. The lowest BCUT2D eigenvalue weighted by Gasteiger charge is -2.07. The molecule has 0 bridgehead atoms. The first-order valence-corrected chi connectivity index (χ1v) is 4.96. The molecule has 0 atom stereocenters. The molecular weight excluding hydrogens is 202 g/mol. The van der Waals surface area contributed by atoms with Crippen LogP contribution in [0.1, 0.15) is 12.0 Å². The molecule has 0 aliphatic carbocycles. The lowest BCUT2D eigenvalue weighted by molar-refractivity contribution is -0.115. The Morgan fingerprint density at radius 3 is 3.06 bits per heavy atom. The van der Waals surface area contributed by atoms with Crippen LogP contribution in [0.25, 0.3) is 10.9 Å². The molecule has 2 N–H and O–H groups in total. The fourth-order valence-corrected chi connectivity index (χ4v) is 1.69. The number of amides is 1. The number of aromatic nitrogens is 1. The van der Waals surface area contributed by atoms with Gasteiger partial charge in [-0.05, 0) is 30.7 Å². The number of anilines is 1. The lowest BCUT2D eigenvalue weighted by atomic mass is 10.1. The van der Waals surface area contributed by atoms with Crippen molar-refractivity contribution in [2.45, 2.75) is 13.3 Å². The van der Waals surface area contributed by atoms with Crippen molar-refractivity contribution in [3.8, 4) is 6.07 Å². The van der Waals surface area contributed by atoms with Crippen LogP contribution in [0.15, 0.2) is 24.4 Å². The Kier molecular flexibility index (Phi) is 2.61. The Balaban J connectivity index is 2.35. The largest absolute Gasteiger partial charge is 0.361 e. The van der Waals surface area contributed by atoms with Gasteiger partial charge in [-0.15, -0.1) is 0 Å². The Morgan fingerprint density at radius 1 is 1.50 bits per heavy atom. The maximum atomic E-state index is 11.3. The second-order valence-electron chi connectivity index (χ2n) is 3.56. The quantitative estimate of drug-likeness (QED) is 0.803. The van der Waals surface area contributed by atoms with E-state index in [9.17, 15) is 4.79 Å².